The van der Waals surface area contributed by atoms with E-state index in [-0.39, 0.29) is 6.04 Å². The average Bonchev–Trinajstić information content (AvgIpc) is 2.69. The van der Waals surface area contributed by atoms with Gasteiger partial charge in [0.15, 0.2) is 5.11 Å². The van der Waals surface area contributed by atoms with Crippen molar-refractivity contribution in [3.63, 3.8) is 0 Å². The van der Waals surface area contributed by atoms with E-state index in [1.807, 2.05) is 49.4 Å². The first-order valence-corrected chi connectivity index (χ1v) is 9.49. The van der Waals surface area contributed by atoms with Gasteiger partial charge in [-0.2, -0.15) is 0 Å². The summed E-state index contributed by atoms with van der Waals surface area (Å²) in [7, 11) is 0. The number of nitrogens with one attached hydrogen (secondary N) is 2. The first-order chi connectivity index (χ1) is 13.2. The quantitative estimate of drug-likeness (QED) is 0.559. The van der Waals surface area contributed by atoms with Crippen LogP contribution < -0.4 is 15.4 Å². The van der Waals surface area contributed by atoms with Crippen LogP contribution in [0.5, 0.6) is 5.75 Å². The van der Waals surface area contributed by atoms with Gasteiger partial charge in [-0.25, -0.2) is 0 Å². The summed E-state index contributed by atoms with van der Waals surface area (Å²) in [6.45, 7) is 4.75. The third kappa shape index (κ3) is 5.08. The molecule has 138 valence electrons. The Hall–Kier alpha value is -2.85. The van der Waals surface area contributed by atoms with Crippen LogP contribution in [0.1, 0.15) is 29.7 Å². The molecule has 3 nitrogen and oxygen atoms in total. The zero-order valence-corrected chi connectivity index (χ0v) is 16.4. The molecule has 3 rings (SSSR count). The Balaban J connectivity index is 1.78. The number of hydrogen-bond acceptors (Lipinski definition) is 2. The molecular weight excluding hydrogens is 352 g/mol. The maximum atomic E-state index is 5.59. The molecule has 0 saturated carbocycles. The molecule has 3 aromatic rings. The summed E-state index contributed by atoms with van der Waals surface area (Å²) < 4.78 is 5.48. The lowest BCUT2D eigenvalue weighted by Gasteiger charge is -2.23. The van der Waals surface area contributed by atoms with Crippen LogP contribution in [-0.4, -0.2) is 11.7 Å². The molecule has 0 aliphatic carbocycles. The fraction of sp³-hybridized carbons (Fsp3) is 0.174. The lowest BCUT2D eigenvalue weighted by atomic mass is 9.95. The van der Waals surface area contributed by atoms with Crippen molar-refractivity contribution < 1.29 is 4.74 Å². The minimum atomic E-state index is -0.0184. The summed E-state index contributed by atoms with van der Waals surface area (Å²) in [6.07, 6.45) is 0. The second-order valence-corrected chi connectivity index (χ2v) is 6.66. The number of anilines is 1. The van der Waals surface area contributed by atoms with Gasteiger partial charge in [-0.05, 0) is 67.0 Å². The highest BCUT2D eigenvalue weighted by atomic mass is 32.1. The van der Waals surface area contributed by atoms with Crippen molar-refractivity contribution in [2.24, 2.45) is 0 Å². The van der Waals surface area contributed by atoms with Crippen molar-refractivity contribution in [2.75, 3.05) is 11.9 Å². The number of rotatable bonds is 6. The summed E-state index contributed by atoms with van der Waals surface area (Å²) in [5.41, 5.74) is 4.53. The van der Waals surface area contributed by atoms with Gasteiger partial charge in [0.2, 0.25) is 0 Å². The van der Waals surface area contributed by atoms with Gasteiger partial charge in [0, 0.05) is 5.69 Å². The Morgan fingerprint density at radius 1 is 0.926 bits per heavy atom. The predicted molar refractivity (Wildman–Crippen MR) is 116 cm³/mol. The molecule has 0 unspecified atom stereocenters. The molecule has 0 amide bonds. The van der Waals surface area contributed by atoms with Crippen LogP contribution in [0.2, 0.25) is 0 Å². The van der Waals surface area contributed by atoms with Crippen LogP contribution in [0.3, 0.4) is 0 Å². The van der Waals surface area contributed by atoms with E-state index < -0.39 is 0 Å². The molecule has 3 aromatic carbocycles. The van der Waals surface area contributed by atoms with Crippen LogP contribution in [0.4, 0.5) is 5.69 Å². The molecular formula is C23H24N2OS. The zero-order chi connectivity index (χ0) is 19.1. The summed E-state index contributed by atoms with van der Waals surface area (Å²) in [5.74, 6) is 0.851. The van der Waals surface area contributed by atoms with Gasteiger partial charge < -0.3 is 15.4 Å². The Morgan fingerprint density at radius 3 is 2.26 bits per heavy atom. The van der Waals surface area contributed by atoms with Crippen molar-refractivity contribution in [1.82, 2.24) is 5.32 Å². The normalized spacial score (nSPS) is 11.5. The van der Waals surface area contributed by atoms with Gasteiger partial charge in [-0.1, -0.05) is 54.6 Å². The van der Waals surface area contributed by atoms with Gasteiger partial charge in [-0.3, -0.25) is 0 Å². The topological polar surface area (TPSA) is 33.3 Å². The van der Waals surface area contributed by atoms with Crippen molar-refractivity contribution in [3.8, 4) is 5.75 Å². The van der Waals surface area contributed by atoms with E-state index in [2.05, 4.69) is 54.0 Å². The van der Waals surface area contributed by atoms with Crippen LogP contribution >= 0.6 is 12.2 Å². The SMILES string of the molecule is CCOc1ccc(NC(=S)N[C@H](c2ccccc2)c2ccccc2C)cc1. The highest BCUT2D eigenvalue weighted by Crippen LogP contribution is 2.25. The number of benzene rings is 3. The molecule has 4 heteroatoms. The molecule has 27 heavy (non-hydrogen) atoms. The third-order valence-electron chi connectivity index (χ3n) is 4.33. The first-order valence-electron chi connectivity index (χ1n) is 9.08. The van der Waals surface area contributed by atoms with Gasteiger partial charge in [0.25, 0.3) is 0 Å². The largest absolute Gasteiger partial charge is 0.494 e. The molecule has 0 aromatic heterocycles. The molecule has 0 heterocycles. The van der Waals surface area contributed by atoms with Crippen molar-refractivity contribution in [3.05, 3.63) is 95.6 Å². The molecule has 1 atom stereocenters. The van der Waals surface area contributed by atoms with E-state index >= 15 is 0 Å². The van der Waals surface area contributed by atoms with Crippen LogP contribution in [-0.2, 0) is 0 Å². The van der Waals surface area contributed by atoms with E-state index in [1.165, 1.54) is 16.7 Å². The standard InChI is InChI=1S/C23H24N2OS/c1-3-26-20-15-13-19(14-16-20)24-23(27)25-22(18-10-5-4-6-11-18)21-12-8-7-9-17(21)2/h4-16,22H,3H2,1-2H3,(H2,24,25,27)/t22-/m1/s1. The number of thiocarbonyl (C=S) groups is 1. The van der Waals surface area contributed by atoms with E-state index in [4.69, 9.17) is 17.0 Å². The third-order valence-corrected chi connectivity index (χ3v) is 4.55. The van der Waals surface area contributed by atoms with Crippen molar-refractivity contribution >= 4 is 23.0 Å². The summed E-state index contributed by atoms with van der Waals surface area (Å²) >= 11 is 5.59. The van der Waals surface area contributed by atoms with E-state index in [0.717, 1.165) is 11.4 Å². The van der Waals surface area contributed by atoms with E-state index in [0.29, 0.717) is 11.7 Å². The Bertz CT molecular complexity index is 878. The molecule has 2 N–H and O–H groups in total. The molecule has 0 saturated heterocycles. The molecule has 0 radical (unpaired) electrons. The van der Waals surface area contributed by atoms with Crippen molar-refractivity contribution in [1.29, 1.82) is 0 Å². The Labute approximate surface area is 166 Å². The second-order valence-electron chi connectivity index (χ2n) is 6.26. The van der Waals surface area contributed by atoms with Gasteiger partial charge >= 0.3 is 0 Å². The second kappa shape index (κ2) is 9.19. The van der Waals surface area contributed by atoms with Gasteiger partial charge in [0.1, 0.15) is 5.75 Å². The minimum absolute atomic E-state index is 0.0184. The lowest BCUT2D eigenvalue weighted by molar-refractivity contribution is 0.340. The highest BCUT2D eigenvalue weighted by Gasteiger charge is 2.16. The molecule has 0 spiro atoms. The number of ether oxygens (including phenoxy) is 1. The monoisotopic (exact) mass is 376 g/mol. The zero-order valence-electron chi connectivity index (χ0n) is 15.6. The lowest BCUT2D eigenvalue weighted by Crippen LogP contribution is -2.33. The van der Waals surface area contributed by atoms with E-state index in [1.54, 1.807) is 0 Å². The van der Waals surface area contributed by atoms with Crippen molar-refractivity contribution in [2.45, 2.75) is 19.9 Å². The summed E-state index contributed by atoms with van der Waals surface area (Å²) in [5, 5.41) is 7.31. The number of hydrogen-bond donors (Lipinski definition) is 2. The Kier molecular flexibility index (Phi) is 6.44. The maximum Gasteiger partial charge on any atom is 0.171 e. The van der Waals surface area contributed by atoms with Gasteiger partial charge in [-0.15, -0.1) is 0 Å². The van der Waals surface area contributed by atoms with Crippen LogP contribution in [0.15, 0.2) is 78.9 Å². The summed E-state index contributed by atoms with van der Waals surface area (Å²) in [6, 6.07) is 26.5. The van der Waals surface area contributed by atoms with Crippen LogP contribution in [0, 0.1) is 6.92 Å². The van der Waals surface area contributed by atoms with Crippen LogP contribution in [0.25, 0.3) is 0 Å². The maximum absolute atomic E-state index is 5.59. The highest BCUT2D eigenvalue weighted by molar-refractivity contribution is 7.80. The fourth-order valence-electron chi connectivity index (χ4n) is 3.00. The van der Waals surface area contributed by atoms with Gasteiger partial charge in [0.05, 0.1) is 12.6 Å². The summed E-state index contributed by atoms with van der Waals surface area (Å²) in [4.78, 5) is 0. The fourth-order valence-corrected chi connectivity index (χ4v) is 3.23. The first kappa shape index (κ1) is 18.9. The molecule has 0 aliphatic heterocycles. The molecule has 0 bridgehead atoms. The predicted octanol–water partition coefficient (Wildman–Crippen LogP) is 5.47. The number of aryl methyl sites for hydroxylation is 1. The molecule has 0 aliphatic rings. The smallest absolute Gasteiger partial charge is 0.171 e. The Morgan fingerprint density at radius 2 is 1.59 bits per heavy atom. The minimum Gasteiger partial charge on any atom is -0.494 e. The average molecular weight is 377 g/mol. The van der Waals surface area contributed by atoms with E-state index in [9.17, 15) is 0 Å². The molecule has 0 fully saturated rings.